The van der Waals surface area contributed by atoms with Gasteiger partial charge in [-0.15, -0.1) is 0 Å². The Morgan fingerprint density at radius 3 is 2.26 bits per heavy atom. The predicted molar refractivity (Wildman–Crippen MR) is 169 cm³/mol. The van der Waals surface area contributed by atoms with Crippen LogP contribution in [0.2, 0.25) is 5.02 Å². The van der Waals surface area contributed by atoms with Gasteiger partial charge < -0.3 is 10.2 Å². The number of sulfonamides is 1. The molecule has 0 radical (unpaired) electrons. The third kappa shape index (κ3) is 8.35. The third-order valence-corrected chi connectivity index (χ3v) is 9.38. The van der Waals surface area contributed by atoms with E-state index in [-0.39, 0.29) is 18.5 Å². The van der Waals surface area contributed by atoms with Crippen LogP contribution >= 0.6 is 11.6 Å². The summed E-state index contributed by atoms with van der Waals surface area (Å²) in [4.78, 5) is 29.8. The standard InChI is InChI=1S/C33H40ClN3O4S/c1-24-12-10-15-27(20-24)22-36(32(38)23-37(42(3,40)41)30-19-11-18-29(34)25(30)2)31(21-26-13-6-4-7-14-26)33(39)35-28-16-8-5-9-17-28/h4,6-7,10-15,18-20,28,31H,5,8-9,16-17,21-23H2,1-3H3,(H,35,39)/t31-/m0/s1. The van der Waals surface area contributed by atoms with Crippen LogP contribution in [0.3, 0.4) is 0 Å². The molecule has 3 aromatic carbocycles. The number of benzene rings is 3. The van der Waals surface area contributed by atoms with E-state index in [2.05, 4.69) is 5.32 Å². The van der Waals surface area contributed by atoms with Gasteiger partial charge in [0.25, 0.3) is 0 Å². The van der Waals surface area contributed by atoms with Gasteiger partial charge in [-0.25, -0.2) is 8.42 Å². The normalized spacial score (nSPS) is 14.7. The summed E-state index contributed by atoms with van der Waals surface area (Å²) in [5.41, 5.74) is 3.68. The third-order valence-electron chi connectivity index (χ3n) is 7.85. The number of carbonyl (C=O) groups excluding carboxylic acids is 2. The van der Waals surface area contributed by atoms with Crippen LogP contribution in [0.1, 0.15) is 54.4 Å². The minimum atomic E-state index is -3.87. The lowest BCUT2D eigenvalue weighted by Gasteiger charge is -2.35. The van der Waals surface area contributed by atoms with Crippen LogP contribution in [0, 0.1) is 13.8 Å². The molecule has 0 aliphatic heterocycles. The van der Waals surface area contributed by atoms with E-state index in [9.17, 15) is 18.0 Å². The molecule has 3 aromatic rings. The van der Waals surface area contributed by atoms with Crippen molar-refractivity contribution in [3.63, 3.8) is 0 Å². The molecule has 224 valence electrons. The lowest BCUT2D eigenvalue weighted by molar-refractivity contribution is -0.140. The Hall–Kier alpha value is -3.36. The molecule has 0 heterocycles. The number of hydrogen-bond acceptors (Lipinski definition) is 4. The maximum atomic E-state index is 14.3. The Bertz CT molecular complexity index is 1490. The molecule has 0 aromatic heterocycles. The highest BCUT2D eigenvalue weighted by atomic mass is 35.5. The van der Waals surface area contributed by atoms with Gasteiger partial charge in [-0.1, -0.05) is 97.1 Å². The number of aryl methyl sites for hydroxylation is 1. The predicted octanol–water partition coefficient (Wildman–Crippen LogP) is 5.81. The summed E-state index contributed by atoms with van der Waals surface area (Å²) in [6, 6.07) is 21.6. The molecule has 0 bridgehead atoms. The van der Waals surface area contributed by atoms with Crippen molar-refractivity contribution in [2.75, 3.05) is 17.1 Å². The maximum absolute atomic E-state index is 14.3. The lowest BCUT2D eigenvalue weighted by Crippen LogP contribution is -2.55. The van der Waals surface area contributed by atoms with Crippen molar-refractivity contribution in [3.05, 3.63) is 100 Å². The fraction of sp³-hybridized carbons (Fsp3) is 0.394. The van der Waals surface area contributed by atoms with E-state index in [1.165, 1.54) is 4.90 Å². The van der Waals surface area contributed by atoms with Crippen LogP contribution in [0.15, 0.2) is 72.8 Å². The molecule has 1 aliphatic rings. The van der Waals surface area contributed by atoms with E-state index in [0.29, 0.717) is 22.7 Å². The van der Waals surface area contributed by atoms with Crippen molar-refractivity contribution < 1.29 is 18.0 Å². The Kier molecular flexibility index (Phi) is 10.7. The number of rotatable bonds is 11. The molecule has 0 saturated heterocycles. The van der Waals surface area contributed by atoms with Crippen LogP contribution in [0.5, 0.6) is 0 Å². The summed E-state index contributed by atoms with van der Waals surface area (Å²) >= 11 is 6.33. The van der Waals surface area contributed by atoms with Crippen molar-refractivity contribution in [2.45, 2.75) is 71.0 Å². The van der Waals surface area contributed by atoms with E-state index in [1.807, 2.05) is 61.5 Å². The highest BCUT2D eigenvalue weighted by Crippen LogP contribution is 2.29. The molecule has 1 aliphatic carbocycles. The molecule has 1 fully saturated rings. The molecule has 1 N–H and O–H groups in total. The first-order chi connectivity index (χ1) is 20.0. The van der Waals surface area contributed by atoms with Crippen molar-refractivity contribution in [2.24, 2.45) is 0 Å². The van der Waals surface area contributed by atoms with Crippen LogP contribution in [-0.2, 0) is 32.6 Å². The molecular formula is C33H40ClN3O4S. The van der Waals surface area contributed by atoms with Crippen LogP contribution in [0.4, 0.5) is 5.69 Å². The zero-order valence-electron chi connectivity index (χ0n) is 24.6. The van der Waals surface area contributed by atoms with Crippen molar-refractivity contribution in [1.82, 2.24) is 10.2 Å². The molecule has 7 nitrogen and oxygen atoms in total. The number of hydrogen-bond donors (Lipinski definition) is 1. The second-order valence-corrected chi connectivity index (χ2v) is 13.5. The van der Waals surface area contributed by atoms with Gasteiger partial charge in [0.05, 0.1) is 11.9 Å². The molecule has 2 amide bonds. The quantitative estimate of drug-likeness (QED) is 0.297. The highest BCUT2D eigenvalue weighted by molar-refractivity contribution is 7.92. The Morgan fingerprint density at radius 1 is 0.929 bits per heavy atom. The molecule has 9 heteroatoms. The molecule has 1 atom stereocenters. The van der Waals surface area contributed by atoms with Crippen molar-refractivity contribution in [3.8, 4) is 0 Å². The van der Waals surface area contributed by atoms with Crippen molar-refractivity contribution in [1.29, 1.82) is 0 Å². The Balaban J connectivity index is 1.74. The van der Waals surface area contributed by atoms with Crippen molar-refractivity contribution >= 4 is 39.1 Å². The highest BCUT2D eigenvalue weighted by Gasteiger charge is 2.34. The SMILES string of the molecule is Cc1cccc(CN(C(=O)CN(c2cccc(Cl)c2C)S(C)(=O)=O)[C@@H](Cc2ccccc2)C(=O)NC2CCCCC2)c1. The van der Waals surface area contributed by atoms with E-state index in [4.69, 9.17) is 11.6 Å². The van der Waals surface area contributed by atoms with Crippen LogP contribution in [0.25, 0.3) is 0 Å². The first kappa shape index (κ1) is 31.6. The molecule has 42 heavy (non-hydrogen) atoms. The van der Waals surface area contributed by atoms with Gasteiger partial charge in [-0.3, -0.25) is 13.9 Å². The molecule has 0 unspecified atom stereocenters. The minimum absolute atomic E-state index is 0.0575. The Labute approximate surface area is 254 Å². The summed E-state index contributed by atoms with van der Waals surface area (Å²) in [6.07, 6.45) is 6.46. The van der Waals surface area contributed by atoms with Gasteiger partial charge in [-0.05, 0) is 55.5 Å². The van der Waals surface area contributed by atoms with Gasteiger partial charge >= 0.3 is 0 Å². The van der Waals surface area contributed by atoms with E-state index < -0.39 is 28.5 Å². The summed E-state index contributed by atoms with van der Waals surface area (Å²) in [6.45, 7) is 3.39. The van der Waals surface area contributed by atoms with Gasteiger partial charge in [0.1, 0.15) is 12.6 Å². The van der Waals surface area contributed by atoms with Gasteiger partial charge in [-0.2, -0.15) is 0 Å². The topological polar surface area (TPSA) is 86.8 Å². The van der Waals surface area contributed by atoms with E-state index in [0.717, 1.165) is 59.4 Å². The molecule has 1 saturated carbocycles. The second-order valence-electron chi connectivity index (χ2n) is 11.2. The largest absolute Gasteiger partial charge is 0.352 e. The first-order valence-corrected chi connectivity index (χ1v) is 16.7. The Morgan fingerprint density at radius 2 is 1.60 bits per heavy atom. The number of amides is 2. The van der Waals surface area contributed by atoms with Gasteiger partial charge in [0, 0.05) is 24.0 Å². The zero-order valence-corrected chi connectivity index (χ0v) is 26.1. The number of nitrogens with zero attached hydrogens (tertiary/aromatic N) is 2. The minimum Gasteiger partial charge on any atom is -0.352 e. The molecular weight excluding hydrogens is 570 g/mol. The summed E-state index contributed by atoms with van der Waals surface area (Å²) in [5, 5.41) is 3.62. The first-order valence-electron chi connectivity index (χ1n) is 14.4. The average Bonchev–Trinajstić information content (AvgIpc) is 2.95. The van der Waals surface area contributed by atoms with E-state index >= 15 is 0 Å². The summed E-state index contributed by atoms with van der Waals surface area (Å²) < 4.78 is 27.2. The van der Waals surface area contributed by atoms with Crippen LogP contribution < -0.4 is 9.62 Å². The van der Waals surface area contributed by atoms with Crippen LogP contribution in [-0.4, -0.2) is 50.0 Å². The maximum Gasteiger partial charge on any atom is 0.244 e. The summed E-state index contributed by atoms with van der Waals surface area (Å²) in [5.74, 6) is -0.697. The van der Waals surface area contributed by atoms with Gasteiger partial charge in [0.15, 0.2) is 0 Å². The fourth-order valence-electron chi connectivity index (χ4n) is 5.57. The number of anilines is 1. The lowest BCUT2D eigenvalue weighted by atomic mass is 9.94. The monoisotopic (exact) mass is 609 g/mol. The summed E-state index contributed by atoms with van der Waals surface area (Å²) in [7, 11) is -3.87. The number of carbonyl (C=O) groups is 2. The molecule has 4 rings (SSSR count). The second kappa shape index (κ2) is 14.2. The zero-order chi connectivity index (χ0) is 30.3. The molecule has 0 spiro atoms. The average molecular weight is 610 g/mol. The van der Waals surface area contributed by atoms with E-state index in [1.54, 1.807) is 25.1 Å². The van der Waals surface area contributed by atoms with Gasteiger partial charge in [0.2, 0.25) is 21.8 Å². The number of halogens is 1. The fourth-order valence-corrected chi connectivity index (χ4v) is 6.64. The smallest absolute Gasteiger partial charge is 0.244 e. The number of nitrogens with one attached hydrogen (secondary N) is 1.